The van der Waals surface area contributed by atoms with Crippen LogP contribution in [0.4, 0.5) is 0 Å². The van der Waals surface area contributed by atoms with Crippen molar-refractivity contribution in [3.63, 3.8) is 0 Å². The molecule has 0 fully saturated rings. The Labute approximate surface area is 79.0 Å². The first-order chi connectivity index (χ1) is 4.83. The van der Waals surface area contributed by atoms with Crippen molar-refractivity contribution in [3.05, 3.63) is 34.9 Å². The van der Waals surface area contributed by atoms with Gasteiger partial charge in [-0.05, 0) is 12.1 Å². The van der Waals surface area contributed by atoms with Gasteiger partial charge in [0.05, 0.1) is 0 Å². The Morgan fingerprint density at radius 2 is 1.80 bits per heavy atom. The molecule has 0 unspecified atom stereocenters. The van der Waals surface area contributed by atoms with Crippen LogP contribution in [0.1, 0.15) is 5.56 Å². The van der Waals surface area contributed by atoms with E-state index in [0.717, 1.165) is 9.57 Å². The number of hydrogen-bond donors (Lipinski definition) is 0. The molecular formula is C7H6Cl2Mg. The lowest BCUT2D eigenvalue weighted by Gasteiger charge is -1.94. The third-order valence-electron chi connectivity index (χ3n) is 1.30. The van der Waals surface area contributed by atoms with E-state index in [9.17, 15) is 0 Å². The first kappa shape index (κ1) is 8.66. The minimum absolute atomic E-state index is 0.367. The predicted octanol–water partition coefficient (Wildman–Crippen LogP) is 2.70. The van der Waals surface area contributed by atoms with Crippen LogP contribution in [0.25, 0.3) is 0 Å². The molecule has 1 aromatic rings. The molecule has 0 aliphatic rings. The highest BCUT2D eigenvalue weighted by molar-refractivity contribution is 6.93. The van der Waals surface area contributed by atoms with E-state index in [1.165, 1.54) is 5.56 Å². The highest BCUT2D eigenvalue weighted by Gasteiger charge is 1.93. The lowest BCUT2D eigenvalue weighted by molar-refractivity contribution is 1.40. The average Bonchev–Trinajstić information content (AvgIpc) is 1.95. The molecule has 0 aliphatic carbocycles. The van der Waals surface area contributed by atoms with Crippen LogP contribution in [0.3, 0.4) is 0 Å². The third-order valence-corrected chi connectivity index (χ3v) is 2.88. The summed E-state index contributed by atoms with van der Waals surface area (Å²) in [4.78, 5) is 0. The number of halogens is 2. The molecule has 50 valence electrons. The molecule has 0 heterocycles. The van der Waals surface area contributed by atoms with Gasteiger partial charge in [0.1, 0.15) is 0 Å². The highest BCUT2D eigenvalue weighted by Crippen LogP contribution is 2.09. The normalized spacial score (nSPS) is 9.00. The van der Waals surface area contributed by atoms with Gasteiger partial charge in [-0.3, -0.25) is 0 Å². The summed E-state index contributed by atoms with van der Waals surface area (Å²) >= 11 is 5.32. The molecule has 0 amide bonds. The van der Waals surface area contributed by atoms with E-state index in [1.807, 2.05) is 24.3 Å². The van der Waals surface area contributed by atoms with Gasteiger partial charge in [-0.25, -0.2) is 0 Å². The standard InChI is InChI=1S/C7H6Cl.ClH.Mg/c1-6-2-4-7(8)5-3-6;;/h2-5H,1H2;1H;/q;;+1/p-1. The monoisotopic (exact) mass is 184 g/mol. The van der Waals surface area contributed by atoms with Gasteiger partial charge in [0.15, 0.2) is 0 Å². The first-order valence-corrected chi connectivity index (χ1v) is 6.65. The van der Waals surface area contributed by atoms with Crippen LogP contribution in [-0.2, 0) is 4.55 Å². The molecule has 0 N–H and O–H groups in total. The third kappa shape index (κ3) is 2.66. The van der Waals surface area contributed by atoms with E-state index in [4.69, 9.17) is 20.7 Å². The summed E-state index contributed by atoms with van der Waals surface area (Å²) < 4.78 is 1.05. The van der Waals surface area contributed by atoms with Gasteiger partial charge in [-0.2, -0.15) is 0 Å². The van der Waals surface area contributed by atoms with Crippen molar-refractivity contribution in [3.8, 4) is 0 Å². The van der Waals surface area contributed by atoms with Crippen LogP contribution < -0.4 is 0 Å². The summed E-state index contributed by atoms with van der Waals surface area (Å²) in [6.07, 6.45) is 0. The van der Waals surface area contributed by atoms with Gasteiger partial charge < -0.3 is 9.07 Å². The van der Waals surface area contributed by atoms with Gasteiger partial charge >= 0.3 is 19.3 Å². The summed E-state index contributed by atoms with van der Waals surface area (Å²) in [5.41, 5.74) is 1.30. The van der Waals surface area contributed by atoms with E-state index >= 15 is 0 Å². The molecule has 0 spiro atoms. The molecule has 0 nitrogen and oxygen atoms in total. The van der Waals surface area contributed by atoms with Gasteiger partial charge in [0.2, 0.25) is 0 Å². The Morgan fingerprint density at radius 1 is 1.20 bits per heavy atom. The van der Waals surface area contributed by atoms with Gasteiger partial charge in [-0.1, -0.05) is 33.8 Å². The number of rotatable bonds is 2. The molecule has 0 saturated heterocycles. The Hall–Kier alpha value is 0.566. The van der Waals surface area contributed by atoms with E-state index < -0.39 is 0 Å². The van der Waals surface area contributed by atoms with Crippen molar-refractivity contribution in [2.75, 3.05) is 0 Å². The zero-order valence-corrected chi connectivity index (χ0v) is 8.41. The van der Waals surface area contributed by atoms with Crippen LogP contribution in [0.5, 0.6) is 0 Å². The summed E-state index contributed by atoms with van der Waals surface area (Å²) in [5.74, 6) is 0. The molecule has 10 heavy (non-hydrogen) atoms. The average molecular weight is 185 g/mol. The van der Waals surface area contributed by atoms with E-state index in [-0.39, 0.29) is 19.3 Å². The van der Waals surface area contributed by atoms with Crippen molar-refractivity contribution in [1.82, 2.24) is 0 Å². The molecule has 0 aromatic heterocycles. The first-order valence-electron chi connectivity index (χ1n) is 3.13. The molecule has 1 rings (SSSR count). The molecule has 0 saturated carbocycles. The maximum atomic E-state index is 5.69. The van der Waals surface area contributed by atoms with E-state index in [1.54, 1.807) is 0 Å². The largest absolute Gasteiger partial charge is 0.505 e. The maximum Gasteiger partial charge on any atom is 0.505 e. The molecule has 0 bridgehead atoms. The second kappa shape index (κ2) is 4.45. The second-order valence-electron chi connectivity index (χ2n) is 2.07. The Morgan fingerprint density at radius 3 is 2.30 bits per heavy atom. The maximum absolute atomic E-state index is 5.69. The number of benzene rings is 1. The zero-order chi connectivity index (χ0) is 7.40. The van der Waals surface area contributed by atoms with Crippen molar-refractivity contribution >= 4 is 39.9 Å². The summed E-state index contributed by atoms with van der Waals surface area (Å²) in [6.45, 7) is 0. The van der Waals surface area contributed by atoms with Crippen LogP contribution in [0.2, 0.25) is 5.02 Å². The fourth-order valence-corrected chi connectivity index (χ4v) is 2.09. The quantitative estimate of drug-likeness (QED) is 0.621. The highest BCUT2D eigenvalue weighted by atomic mass is 35.5. The van der Waals surface area contributed by atoms with Crippen molar-refractivity contribution in [2.24, 2.45) is 0 Å². The van der Waals surface area contributed by atoms with Crippen LogP contribution in [0.15, 0.2) is 24.3 Å². The molecule has 0 atom stereocenters. The van der Waals surface area contributed by atoms with Gasteiger partial charge in [0, 0.05) is 5.02 Å². The van der Waals surface area contributed by atoms with E-state index in [0.29, 0.717) is 0 Å². The predicted molar refractivity (Wildman–Crippen MR) is 46.8 cm³/mol. The SMILES string of the molecule is [Cl][Mg][CH2]c1ccc(Cl)cc1. The Bertz CT molecular complexity index is 195. The fourth-order valence-electron chi connectivity index (χ4n) is 0.760. The fraction of sp³-hybridized carbons (Fsp3) is 0.143. The second-order valence-corrected chi connectivity index (χ2v) is 4.51. The summed E-state index contributed by atoms with van der Waals surface area (Å²) in [7, 11) is 5.68. The number of hydrogen-bond acceptors (Lipinski definition) is 0. The van der Waals surface area contributed by atoms with E-state index in [2.05, 4.69) is 0 Å². The Kier molecular flexibility index (Phi) is 3.85. The summed E-state index contributed by atoms with van der Waals surface area (Å²) in [6, 6.07) is 7.85. The van der Waals surface area contributed by atoms with Crippen LogP contribution >= 0.6 is 20.7 Å². The smallest absolute Gasteiger partial charge is 0.345 e. The minimum atomic E-state index is -0.367. The van der Waals surface area contributed by atoms with Crippen molar-refractivity contribution in [2.45, 2.75) is 4.55 Å². The topological polar surface area (TPSA) is 0 Å². The zero-order valence-electron chi connectivity index (χ0n) is 5.48. The lowest BCUT2D eigenvalue weighted by Crippen LogP contribution is -1.87. The van der Waals surface area contributed by atoms with Crippen molar-refractivity contribution in [1.29, 1.82) is 0 Å². The molecule has 1 aromatic carbocycles. The minimum Gasteiger partial charge on any atom is -0.345 e. The molecular weight excluding hydrogens is 179 g/mol. The van der Waals surface area contributed by atoms with Crippen molar-refractivity contribution < 1.29 is 0 Å². The van der Waals surface area contributed by atoms with Crippen LogP contribution in [0, 0.1) is 0 Å². The molecule has 0 radical (unpaired) electrons. The summed E-state index contributed by atoms with van der Waals surface area (Å²) in [5, 5.41) is 0.792. The Balaban J connectivity index is 2.69. The lowest BCUT2D eigenvalue weighted by atomic mass is 10.2. The van der Waals surface area contributed by atoms with Crippen LogP contribution in [-0.4, -0.2) is 19.3 Å². The van der Waals surface area contributed by atoms with Gasteiger partial charge in [-0.15, -0.1) is 0 Å². The van der Waals surface area contributed by atoms with Gasteiger partial charge in [0.25, 0.3) is 0 Å². The molecule has 0 aliphatic heterocycles. The molecule has 3 heteroatoms.